The first-order valence-corrected chi connectivity index (χ1v) is 5.92. The van der Waals surface area contributed by atoms with Crippen LogP contribution in [0.2, 0.25) is 0 Å². The van der Waals surface area contributed by atoms with Gasteiger partial charge in [-0.15, -0.1) is 0 Å². The van der Waals surface area contributed by atoms with E-state index >= 15 is 0 Å². The maximum atomic E-state index is 11.0. The van der Waals surface area contributed by atoms with Crippen molar-refractivity contribution in [3.8, 4) is 5.75 Å². The molecule has 6 heteroatoms. The molecule has 0 spiro atoms. The van der Waals surface area contributed by atoms with E-state index in [4.69, 9.17) is 8.85 Å². The standard InChI is InChI=1S/C11H10O5Si/c12-10-6-9(7-11(13)14-10)16-17-15-8-4-2-1-3-5-8/h1-5,9H,6-7H2. The van der Waals surface area contributed by atoms with Gasteiger partial charge in [0.05, 0.1) is 18.9 Å². The molecule has 1 aliphatic rings. The van der Waals surface area contributed by atoms with E-state index in [1.165, 1.54) is 0 Å². The van der Waals surface area contributed by atoms with Crippen LogP contribution in [-0.2, 0) is 18.8 Å². The van der Waals surface area contributed by atoms with Crippen LogP contribution < -0.4 is 4.43 Å². The summed E-state index contributed by atoms with van der Waals surface area (Å²) in [6, 6.07) is 9.18. The highest BCUT2D eigenvalue weighted by Gasteiger charge is 2.28. The molecule has 0 saturated carbocycles. The third-order valence-electron chi connectivity index (χ3n) is 2.13. The zero-order valence-electron chi connectivity index (χ0n) is 8.92. The van der Waals surface area contributed by atoms with E-state index in [9.17, 15) is 9.59 Å². The Labute approximate surface area is 101 Å². The summed E-state index contributed by atoms with van der Waals surface area (Å²) in [4.78, 5) is 21.9. The quantitative estimate of drug-likeness (QED) is 0.450. The van der Waals surface area contributed by atoms with Crippen LogP contribution in [0.3, 0.4) is 0 Å². The maximum absolute atomic E-state index is 11.0. The Kier molecular flexibility index (Phi) is 3.89. The van der Waals surface area contributed by atoms with Crippen molar-refractivity contribution in [2.24, 2.45) is 0 Å². The Morgan fingerprint density at radius 3 is 2.41 bits per heavy atom. The van der Waals surface area contributed by atoms with Crippen LogP contribution in [0, 0.1) is 0 Å². The molecule has 17 heavy (non-hydrogen) atoms. The molecule has 0 atom stereocenters. The average Bonchev–Trinajstić information content (AvgIpc) is 2.29. The first-order chi connectivity index (χ1) is 8.24. The van der Waals surface area contributed by atoms with Gasteiger partial charge in [0.15, 0.2) is 0 Å². The lowest BCUT2D eigenvalue weighted by Gasteiger charge is -2.19. The number of carbonyl (C=O) groups excluding carboxylic acids is 2. The normalized spacial score (nSPS) is 16.7. The molecule has 0 N–H and O–H groups in total. The van der Waals surface area contributed by atoms with Crippen molar-refractivity contribution in [3.05, 3.63) is 30.3 Å². The third kappa shape index (κ3) is 3.68. The van der Waals surface area contributed by atoms with Crippen LogP contribution in [0.1, 0.15) is 12.8 Å². The minimum absolute atomic E-state index is 0.0941. The fourth-order valence-corrected chi connectivity index (χ4v) is 1.95. The van der Waals surface area contributed by atoms with Crippen LogP contribution in [-0.4, -0.2) is 28.0 Å². The van der Waals surface area contributed by atoms with Gasteiger partial charge in [0.2, 0.25) is 0 Å². The van der Waals surface area contributed by atoms with E-state index in [-0.39, 0.29) is 22.8 Å². The zero-order valence-corrected chi connectivity index (χ0v) is 9.92. The van der Waals surface area contributed by atoms with Gasteiger partial charge in [-0.3, -0.25) is 9.59 Å². The number of benzene rings is 1. The lowest BCUT2D eigenvalue weighted by Crippen LogP contribution is -2.32. The molecule has 0 unspecified atom stereocenters. The average molecular weight is 250 g/mol. The molecule has 1 aliphatic heterocycles. The third-order valence-corrected chi connectivity index (χ3v) is 2.88. The van der Waals surface area contributed by atoms with Gasteiger partial charge in [0.25, 0.3) is 0 Å². The molecule has 2 radical (unpaired) electrons. The predicted molar refractivity (Wildman–Crippen MR) is 58.0 cm³/mol. The molecule has 1 heterocycles. The zero-order chi connectivity index (χ0) is 12.1. The summed E-state index contributed by atoms with van der Waals surface area (Å²) < 4.78 is 15.0. The fraction of sp³-hybridized carbons (Fsp3) is 0.273. The van der Waals surface area contributed by atoms with E-state index in [1.54, 1.807) is 12.1 Å². The lowest BCUT2D eigenvalue weighted by molar-refractivity contribution is -0.167. The smallest absolute Gasteiger partial charge is 0.518 e. The summed E-state index contributed by atoms with van der Waals surface area (Å²) in [5.74, 6) is -0.401. The number of carbonyl (C=O) groups is 2. The summed E-state index contributed by atoms with van der Waals surface area (Å²) in [7, 11) is -0.240. The maximum Gasteiger partial charge on any atom is 0.521 e. The molecule has 0 amide bonds. The Balaban J connectivity index is 1.75. The summed E-state index contributed by atoms with van der Waals surface area (Å²) in [6.07, 6.45) is -0.251. The Hall–Kier alpha value is -1.66. The highest BCUT2D eigenvalue weighted by molar-refractivity contribution is 6.19. The Bertz CT molecular complexity index is 390. The van der Waals surface area contributed by atoms with E-state index < -0.39 is 18.0 Å². The number of hydrogen-bond acceptors (Lipinski definition) is 5. The second-order valence-electron chi connectivity index (χ2n) is 3.49. The highest BCUT2D eigenvalue weighted by atomic mass is 28.3. The first-order valence-electron chi connectivity index (χ1n) is 5.10. The number of hydrogen-bond donors (Lipinski definition) is 0. The van der Waals surface area contributed by atoms with Gasteiger partial charge in [0, 0.05) is 0 Å². The first kappa shape index (κ1) is 11.8. The topological polar surface area (TPSA) is 61.8 Å². The van der Waals surface area contributed by atoms with Crippen molar-refractivity contribution in [2.45, 2.75) is 18.9 Å². The fourth-order valence-electron chi connectivity index (χ4n) is 1.37. The van der Waals surface area contributed by atoms with Gasteiger partial charge in [-0.2, -0.15) is 0 Å². The van der Waals surface area contributed by atoms with Gasteiger partial charge in [-0.05, 0) is 12.1 Å². The molecule has 0 aromatic heterocycles. The van der Waals surface area contributed by atoms with E-state index in [0.29, 0.717) is 5.75 Å². The molecule has 5 nitrogen and oxygen atoms in total. The van der Waals surface area contributed by atoms with E-state index in [0.717, 1.165) is 0 Å². The van der Waals surface area contributed by atoms with Gasteiger partial charge < -0.3 is 13.6 Å². The van der Waals surface area contributed by atoms with Crippen LogP contribution >= 0.6 is 0 Å². The number of para-hydroxylation sites is 1. The van der Waals surface area contributed by atoms with Crippen molar-refractivity contribution in [1.29, 1.82) is 0 Å². The molecular weight excluding hydrogens is 240 g/mol. The number of cyclic esters (lactones) is 2. The Morgan fingerprint density at radius 1 is 1.12 bits per heavy atom. The summed E-state index contributed by atoms with van der Waals surface area (Å²) in [6.45, 7) is 0. The summed E-state index contributed by atoms with van der Waals surface area (Å²) >= 11 is 0. The number of rotatable bonds is 4. The molecular formula is C11H10O5Si. The SMILES string of the molecule is O=C1CC(O[Si]Oc2ccccc2)CC(=O)O1. The van der Waals surface area contributed by atoms with Crippen molar-refractivity contribution >= 4 is 21.9 Å². The van der Waals surface area contributed by atoms with E-state index in [1.807, 2.05) is 18.2 Å². The summed E-state index contributed by atoms with van der Waals surface area (Å²) in [5.41, 5.74) is 0. The molecule has 0 bridgehead atoms. The molecule has 0 aliphatic carbocycles. The number of ether oxygens (including phenoxy) is 1. The number of esters is 2. The van der Waals surface area contributed by atoms with Gasteiger partial charge >= 0.3 is 21.9 Å². The minimum atomic E-state index is -0.546. The second kappa shape index (κ2) is 5.60. The predicted octanol–water partition coefficient (Wildman–Crippen LogP) is 0.848. The van der Waals surface area contributed by atoms with Crippen LogP contribution in [0.25, 0.3) is 0 Å². The molecule has 1 saturated heterocycles. The van der Waals surface area contributed by atoms with Crippen molar-refractivity contribution in [3.63, 3.8) is 0 Å². The molecule has 88 valence electrons. The second-order valence-corrected chi connectivity index (χ2v) is 4.10. The summed E-state index contributed by atoms with van der Waals surface area (Å²) in [5, 5.41) is 0. The molecule has 1 fully saturated rings. The molecule has 1 aromatic carbocycles. The van der Waals surface area contributed by atoms with Gasteiger partial charge in [-0.25, -0.2) is 0 Å². The van der Waals surface area contributed by atoms with Crippen LogP contribution in [0.4, 0.5) is 0 Å². The minimum Gasteiger partial charge on any atom is -0.518 e. The molecule has 1 aromatic rings. The van der Waals surface area contributed by atoms with Crippen molar-refractivity contribution in [1.82, 2.24) is 0 Å². The van der Waals surface area contributed by atoms with Crippen molar-refractivity contribution in [2.75, 3.05) is 0 Å². The van der Waals surface area contributed by atoms with E-state index in [2.05, 4.69) is 4.74 Å². The largest absolute Gasteiger partial charge is 0.521 e. The molecule has 2 rings (SSSR count). The van der Waals surface area contributed by atoms with Gasteiger partial charge in [-0.1, -0.05) is 18.2 Å². The lowest BCUT2D eigenvalue weighted by atomic mass is 10.1. The Morgan fingerprint density at radius 2 is 1.76 bits per heavy atom. The van der Waals surface area contributed by atoms with Crippen LogP contribution in [0.5, 0.6) is 5.75 Å². The monoisotopic (exact) mass is 250 g/mol. The highest BCUT2D eigenvalue weighted by Crippen LogP contribution is 2.13. The van der Waals surface area contributed by atoms with Crippen molar-refractivity contribution < 1.29 is 23.2 Å². The van der Waals surface area contributed by atoms with Crippen LogP contribution in [0.15, 0.2) is 30.3 Å². The van der Waals surface area contributed by atoms with Gasteiger partial charge in [0.1, 0.15) is 5.75 Å².